The highest BCUT2D eigenvalue weighted by Gasteiger charge is 2.21. The van der Waals surface area contributed by atoms with E-state index in [9.17, 15) is 0 Å². The first-order valence-corrected chi connectivity index (χ1v) is 15.8. The van der Waals surface area contributed by atoms with Gasteiger partial charge in [-0.2, -0.15) is 0 Å². The monoisotopic (exact) mass is 600 g/mol. The van der Waals surface area contributed by atoms with Crippen molar-refractivity contribution >= 4 is 32.7 Å². The maximum absolute atomic E-state index is 5.24. The van der Waals surface area contributed by atoms with Crippen molar-refractivity contribution in [3.8, 4) is 50.8 Å². The number of aromatic nitrogens is 4. The van der Waals surface area contributed by atoms with Gasteiger partial charge >= 0.3 is 0 Å². The van der Waals surface area contributed by atoms with Gasteiger partial charge in [0, 0.05) is 44.1 Å². The third kappa shape index (κ3) is 4.66. The Morgan fingerprint density at radius 3 is 1.64 bits per heavy atom. The molecule has 220 valence electrons. The predicted octanol–water partition coefficient (Wildman–Crippen LogP) is 10.8. The van der Waals surface area contributed by atoms with Gasteiger partial charge in [0.2, 0.25) is 0 Å². The molecule has 0 bridgehead atoms. The highest BCUT2D eigenvalue weighted by molar-refractivity contribution is 6.22. The van der Waals surface area contributed by atoms with E-state index in [1.165, 1.54) is 5.39 Å². The molecule has 0 N–H and O–H groups in total. The maximum atomic E-state index is 5.24. The van der Waals surface area contributed by atoms with Crippen molar-refractivity contribution in [2.45, 2.75) is 0 Å². The summed E-state index contributed by atoms with van der Waals surface area (Å²) in [5.74, 6) is 0.685. The van der Waals surface area contributed by atoms with Gasteiger partial charge < -0.3 is 4.57 Å². The van der Waals surface area contributed by atoms with Crippen LogP contribution < -0.4 is 0 Å². The first kappa shape index (κ1) is 27.0. The lowest BCUT2D eigenvalue weighted by atomic mass is 10.0. The number of para-hydroxylation sites is 2. The summed E-state index contributed by atoms with van der Waals surface area (Å²) >= 11 is 0. The van der Waals surface area contributed by atoms with Gasteiger partial charge in [0.05, 0.1) is 33.6 Å². The molecule has 3 heterocycles. The molecule has 0 aliphatic carbocycles. The average Bonchev–Trinajstić information content (AvgIpc) is 3.51. The van der Waals surface area contributed by atoms with Crippen LogP contribution in [0.25, 0.3) is 83.6 Å². The molecule has 0 radical (unpaired) electrons. The summed E-state index contributed by atoms with van der Waals surface area (Å²) in [5, 5.41) is 3.42. The zero-order valence-corrected chi connectivity index (χ0v) is 25.5. The molecule has 0 fully saturated rings. The van der Waals surface area contributed by atoms with Crippen LogP contribution in [0.5, 0.6) is 0 Å². The molecule has 4 nitrogen and oxygen atoms in total. The molecule has 0 saturated carbocycles. The van der Waals surface area contributed by atoms with Crippen molar-refractivity contribution in [3.63, 3.8) is 0 Å². The summed E-state index contributed by atoms with van der Waals surface area (Å²) in [5.41, 5.74) is 11.2. The van der Waals surface area contributed by atoms with Crippen molar-refractivity contribution < 1.29 is 0 Å². The van der Waals surface area contributed by atoms with Crippen LogP contribution in [0.1, 0.15) is 0 Å². The second kappa shape index (κ2) is 11.2. The quantitative estimate of drug-likeness (QED) is 0.197. The summed E-state index contributed by atoms with van der Waals surface area (Å²) < 4.78 is 2.38. The van der Waals surface area contributed by atoms with E-state index in [0.717, 1.165) is 72.3 Å². The van der Waals surface area contributed by atoms with E-state index in [1.807, 2.05) is 36.4 Å². The molecule has 0 spiro atoms. The Labute approximate surface area is 272 Å². The molecular weight excluding hydrogens is 573 g/mol. The van der Waals surface area contributed by atoms with E-state index in [2.05, 4.69) is 138 Å². The third-order valence-corrected chi connectivity index (χ3v) is 8.78. The Morgan fingerprint density at radius 1 is 0.404 bits per heavy atom. The minimum atomic E-state index is 0.685. The van der Waals surface area contributed by atoms with Gasteiger partial charge in [-0.3, -0.25) is 0 Å². The second-order valence-corrected chi connectivity index (χ2v) is 11.7. The topological polar surface area (TPSA) is 43.6 Å². The first-order valence-electron chi connectivity index (χ1n) is 15.8. The normalized spacial score (nSPS) is 11.4. The Bertz CT molecular complexity index is 2500. The lowest BCUT2D eigenvalue weighted by Crippen LogP contribution is -1.99. The molecule has 47 heavy (non-hydrogen) atoms. The molecule has 0 amide bonds. The summed E-state index contributed by atoms with van der Waals surface area (Å²) in [4.78, 5) is 15.5. The van der Waals surface area contributed by atoms with Crippen LogP contribution in [0.2, 0.25) is 0 Å². The highest BCUT2D eigenvalue weighted by Crippen LogP contribution is 2.41. The van der Waals surface area contributed by atoms with Crippen LogP contribution in [-0.4, -0.2) is 19.5 Å². The van der Waals surface area contributed by atoms with Gasteiger partial charge in [-0.25, -0.2) is 15.0 Å². The number of pyridine rings is 1. The van der Waals surface area contributed by atoms with Gasteiger partial charge in [-0.05, 0) is 30.3 Å². The smallest absolute Gasteiger partial charge is 0.160 e. The lowest BCUT2D eigenvalue weighted by Gasteiger charge is -2.13. The summed E-state index contributed by atoms with van der Waals surface area (Å²) in [6.07, 6.45) is 0. The molecule has 0 aliphatic heterocycles. The van der Waals surface area contributed by atoms with Gasteiger partial charge in [-0.1, -0.05) is 140 Å². The second-order valence-electron chi connectivity index (χ2n) is 11.7. The molecule has 0 atom stereocenters. The van der Waals surface area contributed by atoms with Crippen LogP contribution >= 0.6 is 0 Å². The minimum Gasteiger partial charge on any atom is -0.308 e. The molecule has 0 unspecified atom stereocenters. The van der Waals surface area contributed by atoms with Gasteiger partial charge in [0.25, 0.3) is 0 Å². The van der Waals surface area contributed by atoms with Crippen molar-refractivity contribution in [2.24, 2.45) is 0 Å². The molecular formula is C43H28N4. The van der Waals surface area contributed by atoms with Crippen LogP contribution in [0.4, 0.5) is 0 Å². The lowest BCUT2D eigenvalue weighted by molar-refractivity contribution is 1.16. The Hall–Kier alpha value is -6.39. The largest absolute Gasteiger partial charge is 0.308 e. The summed E-state index contributed by atoms with van der Waals surface area (Å²) in [7, 11) is 0. The van der Waals surface area contributed by atoms with E-state index >= 15 is 0 Å². The molecule has 4 heteroatoms. The number of hydrogen-bond acceptors (Lipinski definition) is 3. The van der Waals surface area contributed by atoms with E-state index in [4.69, 9.17) is 15.0 Å². The Morgan fingerprint density at radius 2 is 0.957 bits per heavy atom. The highest BCUT2D eigenvalue weighted by atomic mass is 15.0. The zero-order valence-electron chi connectivity index (χ0n) is 25.5. The van der Waals surface area contributed by atoms with Crippen molar-refractivity contribution in [1.82, 2.24) is 19.5 Å². The van der Waals surface area contributed by atoms with E-state index in [0.29, 0.717) is 5.82 Å². The number of rotatable bonds is 5. The van der Waals surface area contributed by atoms with Crippen LogP contribution in [0, 0.1) is 0 Å². The fourth-order valence-electron chi connectivity index (χ4n) is 6.63. The van der Waals surface area contributed by atoms with Crippen LogP contribution in [0.15, 0.2) is 170 Å². The predicted molar refractivity (Wildman–Crippen MR) is 193 cm³/mol. The number of benzene rings is 6. The van der Waals surface area contributed by atoms with Gasteiger partial charge in [-0.15, -0.1) is 0 Å². The minimum absolute atomic E-state index is 0.685. The molecule has 0 aliphatic rings. The fourth-order valence-corrected chi connectivity index (χ4v) is 6.63. The molecule has 0 saturated heterocycles. The maximum Gasteiger partial charge on any atom is 0.160 e. The van der Waals surface area contributed by atoms with Crippen molar-refractivity contribution in [2.75, 3.05) is 0 Å². The summed E-state index contributed by atoms with van der Waals surface area (Å²) in [6.45, 7) is 0. The Kier molecular flexibility index (Phi) is 6.43. The molecule has 9 rings (SSSR count). The number of fused-ring (bicyclic) bond motifs is 5. The average molecular weight is 601 g/mol. The third-order valence-electron chi connectivity index (χ3n) is 8.78. The van der Waals surface area contributed by atoms with Gasteiger partial charge in [0.1, 0.15) is 0 Å². The van der Waals surface area contributed by atoms with Crippen LogP contribution in [-0.2, 0) is 0 Å². The van der Waals surface area contributed by atoms with Gasteiger partial charge in [0.15, 0.2) is 5.82 Å². The number of nitrogens with zero attached hydrogens (tertiary/aromatic N) is 4. The summed E-state index contributed by atoms with van der Waals surface area (Å²) in [6, 6.07) is 58.9. The van der Waals surface area contributed by atoms with Crippen molar-refractivity contribution in [1.29, 1.82) is 0 Å². The van der Waals surface area contributed by atoms with E-state index < -0.39 is 0 Å². The fraction of sp³-hybridized carbons (Fsp3) is 0. The van der Waals surface area contributed by atoms with E-state index in [-0.39, 0.29) is 0 Å². The molecule has 3 aromatic heterocycles. The molecule has 9 aromatic rings. The molecule has 6 aromatic carbocycles. The standard InChI is InChI=1S/C43H28N4/c1-4-15-29(16-5-1)37-28-38(30-17-6-2-7-18-30)46-43(45-37)32-21-14-22-33(27-32)47-39-26-13-11-24-35(39)40-41(31-19-8-3-9-20-31)44-36-25-12-10-23-34(36)42(40)47/h1-28H. The van der Waals surface area contributed by atoms with E-state index in [1.54, 1.807) is 0 Å². The number of hydrogen-bond donors (Lipinski definition) is 0. The Balaban J connectivity index is 1.32. The van der Waals surface area contributed by atoms with Crippen molar-refractivity contribution in [3.05, 3.63) is 170 Å². The first-order chi connectivity index (χ1) is 23.3. The zero-order chi connectivity index (χ0) is 31.2. The SMILES string of the molecule is c1ccc(-c2cc(-c3ccccc3)nc(-c3cccc(-n4c5ccccc5c5c(-c6ccccc6)nc6ccccc6c54)c3)n2)cc1. The van der Waals surface area contributed by atoms with Crippen LogP contribution in [0.3, 0.4) is 0 Å².